The Bertz CT molecular complexity index is 905. The molecule has 0 aliphatic carbocycles. The quantitative estimate of drug-likeness (QED) is 0.557. The van der Waals surface area contributed by atoms with E-state index >= 15 is 0 Å². The van der Waals surface area contributed by atoms with E-state index in [-0.39, 0.29) is 11.3 Å². The van der Waals surface area contributed by atoms with E-state index in [1.807, 2.05) is 31.2 Å². The van der Waals surface area contributed by atoms with Crippen LogP contribution in [-0.4, -0.2) is 29.5 Å². The average Bonchev–Trinajstić information content (AvgIpc) is 2.89. The molecule has 0 bridgehead atoms. The maximum atomic E-state index is 12.5. The van der Waals surface area contributed by atoms with Crippen LogP contribution in [0, 0.1) is 6.92 Å². The lowest BCUT2D eigenvalue weighted by Gasteiger charge is -2.05. The monoisotopic (exact) mass is 350 g/mol. The number of benzene rings is 1. The van der Waals surface area contributed by atoms with Crippen molar-refractivity contribution in [3.63, 3.8) is 0 Å². The number of aromatic nitrogens is 2. The third kappa shape index (κ3) is 3.11. The van der Waals surface area contributed by atoms with E-state index in [2.05, 4.69) is 9.97 Å². The van der Waals surface area contributed by atoms with Crippen molar-refractivity contribution in [3.05, 3.63) is 39.5 Å². The van der Waals surface area contributed by atoms with Gasteiger partial charge in [-0.05, 0) is 24.6 Å². The molecule has 3 rings (SSSR count). The number of nitrogens with one attached hydrogen (secondary N) is 1. The first-order chi connectivity index (χ1) is 11.1. The van der Waals surface area contributed by atoms with E-state index in [0.717, 1.165) is 21.8 Å². The van der Waals surface area contributed by atoms with E-state index in [1.54, 1.807) is 7.11 Å². The summed E-state index contributed by atoms with van der Waals surface area (Å²) < 4.78 is 17.6. The van der Waals surface area contributed by atoms with Crippen molar-refractivity contribution in [2.24, 2.45) is 0 Å². The average molecular weight is 350 g/mol. The molecule has 0 saturated carbocycles. The number of thioether (sulfide) groups is 1. The Kier molecular flexibility index (Phi) is 4.68. The first-order valence-electron chi connectivity index (χ1n) is 7.00. The zero-order chi connectivity index (χ0) is 16.4. The molecule has 1 N–H and O–H groups in total. The maximum absolute atomic E-state index is 12.5. The van der Waals surface area contributed by atoms with Crippen LogP contribution in [0.2, 0.25) is 0 Å². The molecule has 2 heterocycles. The van der Waals surface area contributed by atoms with Crippen molar-refractivity contribution in [2.45, 2.75) is 12.1 Å². The van der Waals surface area contributed by atoms with Gasteiger partial charge in [0, 0.05) is 16.2 Å². The highest BCUT2D eigenvalue weighted by Crippen LogP contribution is 2.37. The highest BCUT2D eigenvalue weighted by atomic mass is 32.2. The zero-order valence-electron chi connectivity index (χ0n) is 12.7. The molecule has 0 unspecified atom stereocenters. The fourth-order valence-electron chi connectivity index (χ4n) is 2.43. The molecule has 0 saturated heterocycles. The largest absolute Gasteiger partial charge is 0.497 e. The number of fused-ring (bicyclic) bond motifs is 1. The van der Waals surface area contributed by atoms with Gasteiger partial charge in [0.15, 0.2) is 5.16 Å². The molecule has 0 aliphatic rings. The lowest BCUT2D eigenvalue weighted by molar-refractivity contribution is 0.415. The number of aryl methyl sites for hydroxylation is 1. The van der Waals surface area contributed by atoms with Crippen molar-refractivity contribution in [1.82, 2.24) is 9.97 Å². The van der Waals surface area contributed by atoms with Gasteiger partial charge in [0.25, 0.3) is 5.56 Å². The third-order valence-electron chi connectivity index (χ3n) is 3.39. The lowest BCUT2D eigenvalue weighted by Crippen LogP contribution is -2.09. The van der Waals surface area contributed by atoms with Crippen LogP contribution in [0.3, 0.4) is 0 Å². The van der Waals surface area contributed by atoms with Crippen molar-refractivity contribution >= 4 is 33.3 Å². The molecule has 0 atom stereocenters. The molecule has 1 aromatic carbocycles. The topological polar surface area (TPSA) is 55.0 Å². The molecule has 3 aromatic rings. The fourth-order valence-corrected chi connectivity index (χ4v) is 4.12. The summed E-state index contributed by atoms with van der Waals surface area (Å²) in [6.45, 7) is 1.51. The molecule has 120 valence electrons. The molecule has 0 fully saturated rings. The number of aromatic amines is 1. The number of ether oxygens (including phenoxy) is 1. The van der Waals surface area contributed by atoms with Crippen molar-refractivity contribution in [3.8, 4) is 16.9 Å². The molecular formula is C16H15FN2O2S2. The van der Waals surface area contributed by atoms with E-state index in [0.29, 0.717) is 15.4 Å². The van der Waals surface area contributed by atoms with Crippen LogP contribution in [0.1, 0.15) is 4.88 Å². The Balaban J connectivity index is 2.18. The molecular weight excluding hydrogens is 335 g/mol. The van der Waals surface area contributed by atoms with Crippen LogP contribution in [0.15, 0.2) is 34.2 Å². The number of methoxy groups -OCH3 is 1. The minimum atomic E-state index is -0.453. The number of thiophene rings is 1. The molecule has 7 heteroatoms. The summed E-state index contributed by atoms with van der Waals surface area (Å²) in [5, 5.41) is 1.03. The van der Waals surface area contributed by atoms with Gasteiger partial charge in [-0.25, -0.2) is 4.98 Å². The lowest BCUT2D eigenvalue weighted by atomic mass is 10.0. The Labute approximate surface area is 140 Å². The predicted molar refractivity (Wildman–Crippen MR) is 93.7 cm³/mol. The number of hydrogen-bond acceptors (Lipinski definition) is 5. The van der Waals surface area contributed by atoms with Crippen LogP contribution in [-0.2, 0) is 0 Å². The SMILES string of the molecule is COc1cccc(-c2c(C)sc3nc(SCCF)[nH]c(=O)c23)c1. The highest BCUT2D eigenvalue weighted by molar-refractivity contribution is 7.99. The van der Waals surface area contributed by atoms with Gasteiger partial charge in [0.05, 0.1) is 19.2 Å². The number of hydrogen-bond donors (Lipinski definition) is 1. The van der Waals surface area contributed by atoms with Gasteiger partial charge in [-0.3, -0.25) is 9.18 Å². The smallest absolute Gasteiger partial charge is 0.260 e. The second kappa shape index (κ2) is 6.72. The number of halogens is 1. The number of nitrogens with zero attached hydrogens (tertiary/aromatic N) is 1. The molecule has 0 radical (unpaired) electrons. The third-order valence-corrected chi connectivity index (χ3v) is 5.21. The molecule has 4 nitrogen and oxygen atoms in total. The minimum absolute atomic E-state index is 0.196. The standard InChI is InChI=1S/C16H15FN2O2S2/c1-9-12(10-4-3-5-11(8-10)21-2)13-14(20)18-16(22-7-6-17)19-15(13)23-9/h3-5,8H,6-7H2,1-2H3,(H,18,19,20). The Morgan fingerprint density at radius 1 is 1.43 bits per heavy atom. The highest BCUT2D eigenvalue weighted by Gasteiger charge is 2.17. The number of rotatable bonds is 5. The van der Waals surface area contributed by atoms with Gasteiger partial charge in [-0.1, -0.05) is 23.9 Å². The molecule has 0 spiro atoms. The Morgan fingerprint density at radius 3 is 3.00 bits per heavy atom. The first kappa shape index (κ1) is 16.0. The van der Waals surface area contributed by atoms with Gasteiger partial charge in [-0.2, -0.15) is 0 Å². The number of alkyl halides is 1. The maximum Gasteiger partial charge on any atom is 0.260 e. The molecule has 0 amide bonds. The minimum Gasteiger partial charge on any atom is -0.497 e. The van der Waals surface area contributed by atoms with Crippen molar-refractivity contribution < 1.29 is 9.13 Å². The van der Waals surface area contributed by atoms with Gasteiger partial charge in [0.2, 0.25) is 0 Å². The van der Waals surface area contributed by atoms with Crippen molar-refractivity contribution in [1.29, 1.82) is 0 Å². The van der Waals surface area contributed by atoms with Crippen LogP contribution < -0.4 is 10.3 Å². The summed E-state index contributed by atoms with van der Waals surface area (Å²) in [6, 6.07) is 7.60. The van der Waals surface area contributed by atoms with E-state index in [4.69, 9.17) is 4.74 Å². The number of H-pyrrole nitrogens is 1. The summed E-state index contributed by atoms with van der Waals surface area (Å²) in [7, 11) is 1.61. The fraction of sp³-hybridized carbons (Fsp3) is 0.250. The van der Waals surface area contributed by atoms with Gasteiger partial charge < -0.3 is 9.72 Å². The molecule has 23 heavy (non-hydrogen) atoms. The van der Waals surface area contributed by atoms with Crippen LogP contribution in [0.5, 0.6) is 5.75 Å². The summed E-state index contributed by atoms with van der Waals surface area (Å²) in [6.07, 6.45) is 0. The van der Waals surface area contributed by atoms with E-state index < -0.39 is 6.67 Å². The second-order valence-corrected chi connectivity index (χ2v) is 7.14. The van der Waals surface area contributed by atoms with Gasteiger partial charge >= 0.3 is 0 Å². The van der Waals surface area contributed by atoms with Crippen LogP contribution in [0.25, 0.3) is 21.3 Å². The summed E-state index contributed by atoms with van der Waals surface area (Å²) in [4.78, 5) is 21.4. The Hall–Kier alpha value is -1.86. The zero-order valence-corrected chi connectivity index (χ0v) is 14.3. The first-order valence-corrected chi connectivity index (χ1v) is 8.81. The summed E-state index contributed by atoms with van der Waals surface area (Å²) in [5.74, 6) is 1.02. The Morgan fingerprint density at radius 2 is 2.26 bits per heavy atom. The van der Waals surface area contributed by atoms with E-state index in [1.165, 1.54) is 23.1 Å². The molecule has 0 aliphatic heterocycles. The molecule has 2 aromatic heterocycles. The van der Waals surface area contributed by atoms with Crippen LogP contribution >= 0.6 is 23.1 Å². The van der Waals surface area contributed by atoms with Gasteiger partial charge in [0.1, 0.15) is 10.6 Å². The second-order valence-electron chi connectivity index (χ2n) is 4.85. The summed E-state index contributed by atoms with van der Waals surface area (Å²) >= 11 is 2.68. The van der Waals surface area contributed by atoms with Crippen LogP contribution in [0.4, 0.5) is 4.39 Å². The van der Waals surface area contributed by atoms with Gasteiger partial charge in [-0.15, -0.1) is 11.3 Å². The normalized spacial score (nSPS) is 11.1. The summed E-state index contributed by atoms with van der Waals surface area (Å²) in [5.41, 5.74) is 1.60. The van der Waals surface area contributed by atoms with Crippen molar-refractivity contribution in [2.75, 3.05) is 19.5 Å². The predicted octanol–water partition coefficient (Wildman–Crippen LogP) is 4.03. The van der Waals surface area contributed by atoms with E-state index in [9.17, 15) is 9.18 Å².